The van der Waals surface area contributed by atoms with Crippen LogP contribution < -0.4 is 4.74 Å². The minimum absolute atomic E-state index is 0.0656. The van der Waals surface area contributed by atoms with Gasteiger partial charge in [-0.3, -0.25) is 4.68 Å². The highest BCUT2D eigenvalue weighted by atomic mass is 79.9. The molecule has 0 fully saturated rings. The number of rotatable bonds is 13. The van der Waals surface area contributed by atoms with Crippen LogP contribution in [0.4, 0.5) is 13.2 Å². The highest BCUT2D eigenvalue weighted by molar-refractivity contribution is 9.10. The second kappa shape index (κ2) is 13.5. The lowest BCUT2D eigenvalue weighted by atomic mass is 10.0. The second-order valence-electron chi connectivity index (χ2n) is 7.01. The summed E-state index contributed by atoms with van der Waals surface area (Å²) >= 11 is 2.98. The molecule has 2 aromatic rings. The summed E-state index contributed by atoms with van der Waals surface area (Å²) in [7, 11) is 5.43. The molecule has 35 heavy (non-hydrogen) atoms. The van der Waals surface area contributed by atoms with Gasteiger partial charge in [-0.05, 0) is 27.1 Å². The van der Waals surface area contributed by atoms with E-state index in [-0.39, 0.29) is 36.7 Å². The normalized spacial score (nSPS) is 13.0. The summed E-state index contributed by atoms with van der Waals surface area (Å²) in [6.07, 6.45) is -4.20. The van der Waals surface area contributed by atoms with Crippen molar-refractivity contribution in [2.45, 2.75) is 25.4 Å². The Bertz CT molecular complexity index is 1010. The van der Waals surface area contributed by atoms with Crippen LogP contribution in [0.3, 0.4) is 0 Å². The quantitative estimate of drug-likeness (QED) is 0.155. The first-order chi connectivity index (χ1) is 16.7. The number of carbonyl (C=O) groups is 1. The van der Waals surface area contributed by atoms with E-state index < -0.39 is 29.7 Å². The number of ether oxygens (including phenoxy) is 6. The van der Waals surface area contributed by atoms with Crippen molar-refractivity contribution in [2.24, 2.45) is 0 Å². The molecule has 0 radical (unpaired) electrons. The molecule has 0 amide bonds. The number of nitrogens with zero attached hydrogens (tertiary/aromatic N) is 2. The molecular formula is C22H26BrF3N2O7. The Morgan fingerprint density at radius 3 is 2.49 bits per heavy atom. The molecule has 0 bridgehead atoms. The summed E-state index contributed by atoms with van der Waals surface area (Å²) in [5.41, 5.74) is -0.213. The molecule has 1 unspecified atom stereocenters. The zero-order valence-electron chi connectivity index (χ0n) is 19.6. The number of hydrogen-bond acceptors (Lipinski definition) is 8. The molecular weight excluding hydrogens is 541 g/mol. The Balaban J connectivity index is 2.38. The summed E-state index contributed by atoms with van der Waals surface area (Å²) in [6, 6.07) is 6.52. The Morgan fingerprint density at radius 2 is 1.89 bits per heavy atom. The Labute approximate surface area is 208 Å². The van der Waals surface area contributed by atoms with Crippen LogP contribution in [0, 0.1) is 0 Å². The van der Waals surface area contributed by atoms with E-state index in [0.717, 1.165) is 4.68 Å². The van der Waals surface area contributed by atoms with Gasteiger partial charge in [-0.2, -0.15) is 13.2 Å². The van der Waals surface area contributed by atoms with E-state index in [1.165, 1.54) is 34.7 Å². The fourth-order valence-corrected chi connectivity index (χ4v) is 3.70. The van der Waals surface area contributed by atoms with Gasteiger partial charge >= 0.3 is 12.1 Å². The van der Waals surface area contributed by atoms with E-state index in [1.807, 2.05) is 0 Å². The zero-order chi connectivity index (χ0) is 26.0. The molecule has 0 saturated heterocycles. The van der Waals surface area contributed by atoms with Crippen LogP contribution in [0.25, 0.3) is 5.57 Å². The van der Waals surface area contributed by atoms with Crippen molar-refractivity contribution < 1.29 is 46.4 Å². The van der Waals surface area contributed by atoms with Crippen LogP contribution >= 0.6 is 15.9 Å². The number of carbonyl (C=O) groups excluding carboxylic acids is 1. The van der Waals surface area contributed by atoms with Crippen molar-refractivity contribution in [3.05, 3.63) is 51.8 Å². The number of alkyl halides is 3. The topological polar surface area (TPSA) is 90.3 Å². The Morgan fingerprint density at radius 1 is 1.17 bits per heavy atom. The summed E-state index contributed by atoms with van der Waals surface area (Å²) in [5, 5.41) is 4.00. The van der Waals surface area contributed by atoms with E-state index in [0.29, 0.717) is 11.1 Å². The first kappa shape index (κ1) is 28.6. The highest BCUT2D eigenvalue weighted by Crippen LogP contribution is 2.41. The molecule has 13 heteroatoms. The van der Waals surface area contributed by atoms with Gasteiger partial charge in [0.15, 0.2) is 5.56 Å². The van der Waals surface area contributed by atoms with Crippen LogP contribution in [0.5, 0.6) is 5.88 Å². The maximum atomic E-state index is 13.9. The SMILES string of the molecule is CO/C=C(/C(=O)OC)c1ccccc1COc1nn(CC(COC)OCOC)c(Br)c1C(F)(F)F. The van der Waals surface area contributed by atoms with Crippen molar-refractivity contribution in [3.63, 3.8) is 0 Å². The molecule has 0 N–H and O–H groups in total. The molecule has 1 aromatic heterocycles. The van der Waals surface area contributed by atoms with E-state index in [1.54, 1.807) is 24.3 Å². The maximum Gasteiger partial charge on any atom is 0.424 e. The molecule has 0 aliphatic carbocycles. The predicted molar refractivity (Wildman–Crippen MR) is 121 cm³/mol. The van der Waals surface area contributed by atoms with Gasteiger partial charge in [-0.15, -0.1) is 5.10 Å². The Kier molecular flexibility index (Phi) is 11.0. The van der Waals surface area contributed by atoms with Crippen LogP contribution in [0.15, 0.2) is 35.1 Å². The second-order valence-corrected chi connectivity index (χ2v) is 7.76. The molecule has 9 nitrogen and oxygen atoms in total. The molecule has 0 aliphatic rings. The van der Waals surface area contributed by atoms with Crippen LogP contribution in [0.2, 0.25) is 0 Å². The molecule has 1 atom stereocenters. The van der Waals surface area contributed by atoms with Gasteiger partial charge in [0.1, 0.15) is 29.7 Å². The average molecular weight is 567 g/mol. The van der Waals surface area contributed by atoms with E-state index in [4.69, 9.17) is 28.4 Å². The summed E-state index contributed by atoms with van der Waals surface area (Å²) in [5.74, 6) is -1.32. The van der Waals surface area contributed by atoms with Crippen LogP contribution in [0.1, 0.15) is 16.7 Å². The molecule has 1 heterocycles. The minimum atomic E-state index is -4.76. The van der Waals surface area contributed by atoms with Crippen molar-refractivity contribution in [1.29, 1.82) is 0 Å². The molecule has 194 valence electrons. The van der Waals surface area contributed by atoms with Gasteiger partial charge in [0.2, 0.25) is 5.88 Å². The van der Waals surface area contributed by atoms with Crippen LogP contribution in [-0.2, 0) is 47.8 Å². The fourth-order valence-electron chi connectivity index (χ4n) is 3.08. The Hall–Kier alpha value is -2.61. The van der Waals surface area contributed by atoms with Gasteiger partial charge in [0.25, 0.3) is 0 Å². The van der Waals surface area contributed by atoms with Gasteiger partial charge in [-0.25, -0.2) is 4.79 Å². The first-order valence-electron chi connectivity index (χ1n) is 10.1. The highest BCUT2D eigenvalue weighted by Gasteiger charge is 2.41. The van der Waals surface area contributed by atoms with Crippen LogP contribution in [-0.4, -0.2) is 63.7 Å². The number of methoxy groups -OCH3 is 4. The van der Waals surface area contributed by atoms with E-state index in [9.17, 15) is 18.0 Å². The third kappa shape index (κ3) is 7.69. The van der Waals surface area contributed by atoms with Gasteiger partial charge < -0.3 is 28.4 Å². The average Bonchev–Trinajstić information content (AvgIpc) is 3.14. The van der Waals surface area contributed by atoms with Gasteiger partial charge in [0.05, 0.1) is 33.6 Å². The van der Waals surface area contributed by atoms with E-state index >= 15 is 0 Å². The van der Waals surface area contributed by atoms with Gasteiger partial charge in [-0.1, -0.05) is 24.3 Å². The number of benzene rings is 1. The molecule has 1 aromatic carbocycles. The summed E-state index contributed by atoms with van der Waals surface area (Å²) < 4.78 is 73.0. The molecule has 2 rings (SSSR count). The molecule has 0 spiro atoms. The van der Waals surface area contributed by atoms with Gasteiger partial charge in [0, 0.05) is 14.2 Å². The lowest BCUT2D eigenvalue weighted by molar-refractivity contribution is -0.139. The number of hydrogen-bond donors (Lipinski definition) is 0. The molecule has 0 saturated carbocycles. The number of esters is 1. The molecule has 0 aliphatic heterocycles. The fraction of sp³-hybridized carbons (Fsp3) is 0.455. The standard InChI is InChI=1S/C22H26BrF3N2O7/c1-30-11-15(35-13-32-3)9-28-19(23)18(22(24,25)26)20(27-28)34-10-14-7-5-6-8-16(14)17(12-31-2)21(29)33-4/h5-8,12,15H,9-11,13H2,1-4H3/b17-12+. The van der Waals surface area contributed by atoms with Crippen molar-refractivity contribution in [1.82, 2.24) is 9.78 Å². The van der Waals surface area contributed by atoms with Crippen molar-refractivity contribution in [3.8, 4) is 5.88 Å². The van der Waals surface area contributed by atoms with Crippen molar-refractivity contribution >= 4 is 27.5 Å². The largest absolute Gasteiger partial charge is 0.503 e. The third-order valence-corrected chi connectivity index (χ3v) is 5.41. The third-order valence-electron chi connectivity index (χ3n) is 4.61. The summed E-state index contributed by atoms with van der Waals surface area (Å²) in [6.45, 7) is -0.355. The monoisotopic (exact) mass is 566 g/mol. The zero-order valence-corrected chi connectivity index (χ0v) is 21.1. The number of aromatic nitrogens is 2. The maximum absolute atomic E-state index is 13.9. The lowest BCUT2D eigenvalue weighted by Crippen LogP contribution is -2.27. The first-order valence-corrected chi connectivity index (χ1v) is 10.9. The predicted octanol–water partition coefficient (Wildman–Crippen LogP) is 4.04. The lowest BCUT2D eigenvalue weighted by Gasteiger charge is -2.17. The summed E-state index contributed by atoms with van der Waals surface area (Å²) in [4.78, 5) is 12.2. The van der Waals surface area contributed by atoms with Crippen molar-refractivity contribution in [2.75, 3.05) is 41.8 Å². The van der Waals surface area contributed by atoms with E-state index in [2.05, 4.69) is 21.0 Å². The smallest absolute Gasteiger partial charge is 0.424 e. The number of halogens is 4. The minimum Gasteiger partial charge on any atom is -0.503 e.